The highest BCUT2D eigenvalue weighted by Crippen LogP contribution is 2.36. The molecule has 1 aliphatic rings. The number of halogens is 2. The second-order valence-corrected chi connectivity index (χ2v) is 7.49. The molecule has 106 valence electrons. The molecule has 4 nitrogen and oxygen atoms in total. The number of carbonyl (C=O) groups excluding carboxylic acids is 2. The molecular formula is C13H11BrINO3S. The fraction of sp³-hybridized carbons (Fsp3) is 0.231. The first-order valence-corrected chi connectivity index (χ1v) is 8.45. The zero-order chi connectivity index (χ0) is 15.0. The molecule has 1 N–H and O–H groups in total. The Kier molecular flexibility index (Phi) is 4.80. The molecule has 7 heteroatoms. The monoisotopic (exact) mass is 467 g/mol. The molecule has 1 aromatic rings. The van der Waals surface area contributed by atoms with Gasteiger partial charge in [-0.2, -0.15) is 0 Å². The van der Waals surface area contributed by atoms with E-state index in [1.54, 1.807) is 32.1 Å². The summed E-state index contributed by atoms with van der Waals surface area (Å²) in [6.07, 6.45) is 1.67. The zero-order valence-corrected chi connectivity index (χ0v) is 15.2. The summed E-state index contributed by atoms with van der Waals surface area (Å²) in [5.74, 6) is -0.104. The SMILES string of the molecule is CC(C)N1C(=O)S/C(=C/c2cc(Br)c(O)c(I)c2)C1=O. The summed E-state index contributed by atoms with van der Waals surface area (Å²) < 4.78 is 1.23. The number of amides is 2. The van der Waals surface area contributed by atoms with E-state index >= 15 is 0 Å². The van der Waals surface area contributed by atoms with Crippen LogP contribution in [0.25, 0.3) is 6.08 Å². The molecule has 0 aliphatic carbocycles. The molecule has 1 aliphatic heterocycles. The van der Waals surface area contributed by atoms with E-state index in [9.17, 15) is 14.7 Å². The van der Waals surface area contributed by atoms with Gasteiger partial charge < -0.3 is 5.11 Å². The van der Waals surface area contributed by atoms with Crippen LogP contribution in [0.3, 0.4) is 0 Å². The van der Waals surface area contributed by atoms with Crippen molar-refractivity contribution in [3.63, 3.8) is 0 Å². The van der Waals surface area contributed by atoms with Gasteiger partial charge in [-0.15, -0.1) is 0 Å². The first-order valence-electron chi connectivity index (χ1n) is 5.76. The fourth-order valence-corrected chi connectivity index (χ4v) is 4.20. The lowest BCUT2D eigenvalue weighted by Gasteiger charge is -2.16. The summed E-state index contributed by atoms with van der Waals surface area (Å²) >= 11 is 6.20. The Morgan fingerprint density at radius 1 is 1.40 bits per heavy atom. The predicted molar refractivity (Wildman–Crippen MR) is 91.5 cm³/mol. The number of aromatic hydroxyl groups is 1. The average Bonchev–Trinajstić information content (AvgIpc) is 2.61. The maximum absolute atomic E-state index is 12.2. The first-order chi connectivity index (χ1) is 9.31. The van der Waals surface area contributed by atoms with Crippen molar-refractivity contribution in [3.05, 3.63) is 30.6 Å². The van der Waals surface area contributed by atoms with Crippen LogP contribution in [0.15, 0.2) is 21.5 Å². The van der Waals surface area contributed by atoms with Crippen LogP contribution in [-0.2, 0) is 4.79 Å². The quantitative estimate of drug-likeness (QED) is 0.523. The second kappa shape index (κ2) is 6.07. The van der Waals surface area contributed by atoms with Gasteiger partial charge in [0.15, 0.2) is 0 Å². The molecule has 0 spiro atoms. The molecule has 0 aromatic heterocycles. The van der Waals surface area contributed by atoms with Gasteiger partial charge in [0.1, 0.15) is 5.75 Å². The van der Waals surface area contributed by atoms with E-state index < -0.39 is 0 Å². The molecule has 1 fully saturated rings. The molecule has 0 saturated carbocycles. The van der Waals surface area contributed by atoms with E-state index in [0.717, 1.165) is 17.3 Å². The molecule has 2 amide bonds. The van der Waals surface area contributed by atoms with E-state index in [0.29, 0.717) is 12.9 Å². The zero-order valence-electron chi connectivity index (χ0n) is 10.7. The summed E-state index contributed by atoms with van der Waals surface area (Å²) in [6, 6.07) is 3.31. The van der Waals surface area contributed by atoms with Crippen molar-refractivity contribution in [1.82, 2.24) is 4.90 Å². The largest absolute Gasteiger partial charge is 0.506 e. The number of nitrogens with zero attached hydrogens (tertiary/aromatic N) is 1. The maximum atomic E-state index is 12.2. The van der Waals surface area contributed by atoms with E-state index in [1.807, 2.05) is 22.6 Å². The number of phenols is 1. The van der Waals surface area contributed by atoms with Crippen molar-refractivity contribution < 1.29 is 14.7 Å². The molecule has 2 rings (SSSR count). The summed E-state index contributed by atoms with van der Waals surface area (Å²) in [4.78, 5) is 25.6. The Bertz CT molecular complexity index is 607. The van der Waals surface area contributed by atoms with Crippen LogP contribution in [0.1, 0.15) is 19.4 Å². The minimum Gasteiger partial charge on any atom is -0.506 e. The van der Waals surface area contributed by atoms with Crippen molar-refractivity contribution in [2.75, 3.05) is 0 Å². The number of imide groups is 1. The van der Waals surface area contributed by atoms with E-state index in [2.05, 4.69) is 15.9 Å². The third kappa shape index (κ3) is 3.04. The lowest BCUT2D eigenvalue weighted by atomic mass is 10.2. The summed E-state index contributed by atoms with van der Waals surface area (Å²) in [6.45, 7) is 3.61. The Morgan fingerprint density at radius 3 is 2.55 bits per heavy atom. The van der Waals surface area contributed by atoms with Gasteiger partial charge in [-0.25, -0.2) is 0 Å². The number of carbonyl (C=O) groups is 2. The Balaban J connectivity index is 2.38. The number of rotatable bonds is 2. The van der Waals surface area contributed by atoms with Crippen LogP contribution in [0, 0.1) is 3.57 Å². The Morgan fingerprint density at radius 2 is 2.05 bits per heavy atom. The second-order valence-electron chi connectivity index (χ2n) is 4.48. The lowest BCUT2D eigenvalue weighted by Crippen LogP contribution is -2.34. The highest BCUT2D eigenvalue weighted by atomic mass is 127. The van der Waals surface area contributed by atoms with E-state index in [4.69, 9.17) is 0 Å². The topological polar surface area (TPSA) is 57.6 Å². The molecule has 20 heavy (non-hydrogen) atoms. The lowest BCUT2D eigenvalue weighted by molar-refractivity contribution is -0.123. The van der Waals surface area contributed by atoms with Gasteiger partial charge in [0.25, 0.3) is 11.1 Å². The minimum absolute atomic E-state index is 0.153. The van der Waals surface area contributed by atoms with Gasteiger partial charge in [-0.1, -0.05) is 0 Å². The van der Waals surface area contributed by atoms with E-state index in [-0.39, 0.29) is 22.9 Å². The summed E-state index contributed by atoms with van der Waals surface area (Å²) in [7, 11) is 0. The molecule has 1 heterocycles. The van der Waals surface area contributed by atoms with Gasteiger partial charge in [-0.05, 0) is 87.9 Å². The van der Waals surface area contributed by atoms with Crippen LogP contribution >= 0.6 is 50.3 Å². The van der Waals surface area contributed by atoms with Crippen molar-refractivity contribution >= 4 is 67.5 Å². The molecule has 0 atom stereocenters. The Labute approximate surface area is 142 Å². The van der Waals surface area contributed by atoms with Gasteiger partial charge in [-0.3, -0.25) is 14.5 Å². The minimum atomic E-state index is -0.269. The van der Waals surface area contributed by atoms with Gasteiger partial charge in [0.2, 0.25) is 0 Å². The van der Waals surface area contributed by atoms with Crippen molar-refractivity contribution in [2.24, 2.45) is 0 Å². The van der Waals surface area contributed by atoms with Crippen LogP contribution in [0.2, 0.25) is 0 Å². The number of hydrogen-bond acceptors (Lipinski definition) is 4. The van der Waals surface area contributed by atoms with E-state index in [1.165, 1.54) is 4.90 Å². The number of benzene rings is 1. The third-order valence-corrected chi connectivity index (χ3v) is 4.99. The number of hydrogen-bond donors (Lipinski definition) is 1. The van der Waals surface area contributed by atoms with Crippen LogP contribution < -0.4 is 0 Å². The molecular weight excluding hydrogens is 457 g/mol. The normalized spacial score (nSPS) is 17.6. The van der Waals surface area contributed by atoms with Crippen molar-refractivity contribution in [1.29, 1.82) is 0 Å². The maximum Gasteiger partial charge on any atom is 0.293 e. The van der Waals surface area contributed by atoms with Crippen molar-refractivity contribution in [2.45, 2.75) is 19.9 Å². The fourth-order valence-electron chi connectivity index (χ4n) is 1.74. The smallest absolute Gasteiger partial charge is 0.293 e. The summed E-state index contributed by atoms with van der Waals surface area (Å²) in [5.41, 5.74) is 0.758. The van der Waals surface area contributed by atoms with Gasteiger partial charge in [0, 0.05) is 6.04 Å². The molecule has 0 radical (unpaired) electrons. The van der Waals surface area contributed by atoms with Crippen LogP contribution in [0.4, 0.5) is 4.79 Å². The molecule has 0 unspecified atom stereocenters. The number of thioether (sulfide) groups is 1. The number of phenolic OH excluding ortho intramolecular Hbond substituents is 1. The van der Waals surface area contributed by atoms with Crippen molar-refractivity contribution in [3.8, 4) is 5.75 Å². The molecule has 1 aromatic carbocycles. The standard InChI is InChI=1S/C13H11BrINO3S/c1-6(2)16-12(18)10(20-13(16)19)5-7-3-8(14)11(17)9(15)4-7/h3-6,17H,1-2H3/b10-5+. The first kappa shape index (κ1) is 15.8. The highest BCUT2D eigenvalue weighted by molar-refractivity contribution is 14.1. The molecule has 0 bridgehead atoms. The van der Waals surface area contributed by atoms with Gasteiger partial charge in [0.05, 0.1) is 12.9 Å². The Hall–Kier alpha value is -0.540. The highest BCUT2D eigenvalue weighted by Gasteiger charge is 2.36. The third-order valence-electron chi connectivity index (χ3n) is 2.68. The summed E-state index contributed by atoms with van der Waals surface area (Å²) in [5, 5.41) is 9.44. The van der Waals surface area contributed by atoms with Gasteiger partial charge >= 0.3 is 0 Å². The molecule has 1 saturated heterocycles. The average molecular weight is 468 g/mol. The van der Waals surface area contributed by atoms with Crippen LogP contribution in [0.5, 0.6) is 5.75 Å². The van der Waals surface area contributed by atoms with Crippen LogP contribution in [-0.4, -0.2) is 27.2 Å². The predicted octanol–water partition coefficient (Wildman–Crippen LogP) is 4.20.